The van der Waals surface area contributed by atoms with Crippen LogP contribution in [0, 0.1) is 12.8 Å². The molecule has 25 heavy (non-hydrogen) atoms. The fourth-order valence-corrected chi connectivity index (χ4v) is 3.30. The second-order valence-corrected chi connectivity index (χ2v) is 7.40. The van der Waals surface area contributed by atoms with Crippen LogP contribution in [0.1, 0.15) is 31.4 Å². The molecule has 0 saturated carbocycles. The number of amides is 2. The second kappa shape index (κ2) is 9.78. The quantitative estimate of drug-likeness (QED) is 0.825. The van der Waals surface area contributed by atoms with Gasteiger partial charge >= 0.3 is 6.03 Å². The van der Waals surface area contributed by atoms with E-state index in [1.165, 1.54) is 11.1 Å². The lowest BCUT2D eigenvalue weighted by atomic mass is 10.0. The van der Waals surface area contributed by atoms with Gasteiger partial charge in [0.2, 0.25) is 0 Å². The molecule has 0 bridgehead atoms. The number of nitrogens with one attached hydrogen (secondary N) is 1. The van der Waals surface area contributed by atoms with Gasteiger partial charge in [0.15, 0.2) is 0 Å². The Kier molecular flexibility index (Phi) is 7.72. The molecule has 1 heterocycles. The molecule has 1 aromatic rings. The van der Waals surface area contributed by atoms with Gasteiger partial charge in [0.25, 0.3) is 0 Å². The van der Waals surface area contributed by atoms with Crippen molar-refractivity contribution in [2.24, 2.45) is 5.92 Å². The highest BCUT2D eigenvalue weighted by Crippen LogP contribution is 2.13. The predicted molar refractivity (Wildman–Crippen MR) is 102 cm³/mol. The summed E-state index contributed by atoms with van der Waals surface area (Å²) in [4.78, 5) is 16.7. The van der Waals surface area contributed by atoms with Crippen LogP contribution in [0.4, 0.5) is 4.79 Å². The first-order valence-corrected chi connectivity index (χ1v) is 9.32. The van der Waals surface area contributed by atoms with Crippen molar-refractivity contribution in [1.29, 1.82) is 0 Å². The van der Waals surface area contributed by atoms with Gasteiger partial charge in [-0.25, -0.2) is 4.79 Å². The summed E-state index contributed by atoms with van der Waals surface area (Å²) in [6.45, 7) is 11.3. The van der Waals surface area contributed by atoms with Gasteiger partial charge < -0.3 is 15.0 Å². The Morgan fingerprint density at radius 1 is 1.28 bits per heavy atom. The number of aryl methyl sites for hydroxylation is 1. The zero-order chi connectivity index (χ0) is 18.2. The van der Waals surface area contributed by atoms with Gasteiger partial charge in [-0.1, -0.05) is 38.1 Å². The molecule has 1 unspecified atom stereocenters. The first-order valence-electron chi connectivity index (χ1n) is 9.32. The maximum Gasteiger partial charge on any atom is 0.317 e. The fourth-order valence-electron chi connectivity index (χ4n) is 3.30. The summed E-state index contributed by atoms with van der Waals surface area (Å²) < 4.78 is 5.46. The molecular weight excluding hydrogens is 314 g/mol. The highest BCUT2D eigenvalue weighted by Gasteiger charge is 2.23. The van der Waals surface area contributed by atoms with Crippen LogP contribution in [0.5, 0.6) is 0 Å². The van der Waals surface area contributed by atoms with Gasteiger partial charge in [-0.2, -0.15) is 0 Å². The predicted octanol–water partition coefficient (Wildman–Crippen LogP) is 2.88. The average Bonchev–Trinajstić information content (AvgIpc) is 2.60. The minimum absolute atomic E-state index is 0.00901. The van der Waals surface area contributed by atoms with Crippen LogP contribution >= 0.6 is 0 Å². The molecule has 0 aliphatic carbocycles. The van der Waals surface area contributed by atoms with E-state index in [2.05, 4.69) is 43.1 Å². The number of nitrogens with zero attached hydrogens (tertiary/aromatic N) is 2. The first kappa shape index (κ1) is 19.7. The number of carbonyl (C=O) groups is 1. The number of hydrogen-bond donors (Lipinski definition) is 1. The summed E-state index contributed by atoms with van der Waals surface area (Å²) in [5, 5.41) is 3.13. The van der Waals surface area contributed by atoms with Crippen molar-refractivity contribution >= 4 is 6.03 Å². The third-order valence-corrected chi connectivity index (χ3v) is 4.81. The average molecular weight is 348 g/mol. The van der Waals surface area contributed by atoms with Crippen molar-refractivity contribution in [3.8, 4) is 0 Å². The van der Waals surface area contributed by atoms with Crippen molar-refractivity contribution in [2.75, 3.05) is 39.9 Å². The molecule has 0 radical (unpaired) electrons. The van der Waals surface area contributed by atoms with Crippen LogP contribution in [0.15, 0.2) is 24.3 Å². The molecule has 1 aliphatic rings. The highest BCUT2D eigenvalue weighted by atomic mass is 16.5. The number of rotatable bonds is 7. The van der Waals surface area contributed by atoms with Crippen LogP contribution in [0.25, 0.3) is 0 Å². The van der Waals surface area contributed by atoms with Crippen molar-refractivity contribution in [3.63, 3.8) is 0 Å². The Balaban J connectivity index is 1.87. The number of urea groups is 1. The van der Waals surface area contributed by atoms with E-state index in [9.17, 15) is 4.79 Å². The van der Waals surface area contributed by atoms with Gasteiger partial charge in [-0.05, 0) is 30.4 Å². The monoisotopic (exact) mass is 347 g/mol. The van der Waals surface area contributed by atoms with Crippen molar-refractivity contribution in [2.45, 2.75) is 39.8 Å². The summed E-state index contributed by atoms with van der Waals surface area (Å²) in [7, 11) is 1.86. The largest absolute Gasteiger partial charge is 0.379 e. The van der Waals surface area contributed by atoms with Crippen LogP contribution in [-0.2, 0) is 11.3 Å². The molecule has 2 rings (SSSR count). The van der Waals surface area contributed by atoms with Gasteiger partial charge in [0.1, 0.15) is 0 Å². The normalized spacial score (nSPS) is 16.7. The van der Waals surface area contributed by atoms with E-state index in [0.717, 1.165) is 32.7 Å². The Morgan fingerprint density at radius 2 is 1.96 bits per heavy atom. The Hall–Kier alpha value is -1.59. The van der Waals surface area contributed by atoms with Crippen molar-refractivity contribution in [1.82, 2.24) is 15.1 Å². The molecule has 0 spiro atoms. The van der Waals surface area contributed by atoms with Gasteiger partial charge in [0.05, 0.1) is 13.2 Å². The van der Waals surface area contributed by atoms with Crippen LogP contribution < -0.4 is 5.32 Å². The van der Waals surface area contributed by atoms with Crippen molar-refractivity contribution < 1.29 is 9.53 Å². The lowest BCUT2D eigenvalue weighted by molar-refractivity contribution is 0.0127. The van der Waals surface area contributed by atoms with Gasteiger partial charge in [-0.15, -0.1) is 0 Å². The van der Waals surface area contributed by atoms with E-state index < -0.39 is 0 Å². The molecule has 2 amide bonds. The fraction of sp³-hybridized carbons (Fsp3) is 0.650. The minimum Gasteiger partial charge on any atom is -0.379 e. The molecule has 1 aromatic carbocycles. The smallest absolute Gasteiger partial charge is 0.317 e. The van der Waals surface area contributed by atoms with E-state index in [4.69, 9.17) is 4.74 Å². The molecule has 5 heteroatoms. The topological polar surface area (TPSA) is 44.8 Å². The SMILES string of the molecule is Cc1ccccc1CN(C)C(=O)NCC(CC(C)C)N1CCOCC1. The molecule has 1 saturated heterocycles. The highest BCUT2D eigenvalue weighted by molar-refractivity contribution is 5.73. The maximum atomic E-state index is 12.5. The molecule has 1 aliphatic heterocycles. The standard InChI is InChI=1S/C20H33N3O2/c1-16(2)13-19(23-9-11-25-12-10-23)14-21-20(24)22(4)15-18-8-6-5-7-17(18)3/h5-8,16,19H,9-15H2,1-4H3,(H,21,24). The van der Waals surface area contributed by atoms with E-state index in [1.807, 2.05) is 19.2 Å². The minimum atomic E-state index is -0.00901. The molecular formula is C20H33N3O2. The number of benzene rings is 1. The molecule has 1 N–H and O–H groups in total. The summed E-state index contributed by atoms with van der Waals surface area (Å²) >= 11 is 0. The lowest BCUT2D eigenvalue weighted by Gasteiger charge is -2.35. The Labute approximate surface area is 152 Å². The van der Waals surface area contributed by atoms with Crippen molar-refractivity contribution in [3.05, 3.63) is 35.4 Å². The summed E-state index contributed by atoms with van der Waals surface area (Å²) in [6.07, 6.45) is 1.09. The molecule has 140 valence electrons. The van der Waals surface area contributed by atoms with Gasteiger partial charge in [0, 0.05) is 39.3 Å². The molecule has 1 atom stereocenters. The first-order chi connectivity index (χ1) is 12.0. The maximum absolute atomic E-state index is 12.5. The summed E-state index contributed by atoms with van der Waals surface area (Å²) in [5.41, 5.74) is 2.40. The summed E-state index contributed by atoms with van der Waals surface area (Å²) in [6, 6.07) is 8.57. The summed E-state index contributed by atoms with van der Waals surface area (Å²) in [5.74, 6) is 0.606. The zero-order valence-corrected chi connectivity index (χ0v) is 16.1. The molecule has 5 nitrogen and oxygen atoms in total. The number of morpholine rings is 1. The van der Waals surface area contributed by atoms with E-state index in [1.54, 1.807) is 4.90 Å². The van der Waals surface area contributed by atoms with E-state index in [-0.39, 0.29) is 6.03 Å². The van der Waals surface area contributed by atoms with E-state index >= 15 is 0 Å². The zero-order valence-electron chi connectivity index (χ0n) is 16.1. The number of carbonyl (C=O) groups excluding carboxylic acids is 1. The number of hydrogen-bond acceptors (Lipinski definition) is 3. The second-order valence-electron chi connectivity index (χ2n) is 7.40. The molecule has 1 fully saturated rings. The van der Waals surface area contributed by atoms with E-state index in [0.29, 0.717) is 25.0 Å². The van der Waals surface area contributed by atoms with Crippen LogP contribution in [-0.4, -0.2) is 61.8 Å². The Bertz CT molecular complexity index is 541. The van der Waals surface area contributed by atoms with Crippen LogP contribution in [0.3, 0.4) is 0 Å². The third-order valence-electron chi connectivity index (χ3n) is 4.81. The molecule has 0 aromatic heterocycles. The Morgan fingerprint density at radius 3 is 2.60 bits per heavy atom. The van der Waals surface area contributed by atoms with Crippen LogP contribution in [0.2, 0.25) is 0 Å². The lowest BCUT2D eigenvalue weighted by Crippen LogP contribution is -2.50. The number of ether oxygens (including phenoxy) is 1. The third kappa shape index (κ3) is 6.33. The van der Waals surface area contributed by atoms with Gasteiger partial charge in [-0.3, -0.25) is 4.90 Å².